The minimum Gasteiger partial charge on any atom is -0.491 e. The average Bonchev–Trinajstić information content (AvgIpc) is 3.29. The molecule has 9 heteroatoms. The lowest BCUT2D eigenvalue weighted by atomic mass is 10.1. The molecule has 1 aliphatic heterocycles. The molecule has 2 atom stereocenters. The maximum Gasteiger partial charge on any atom is 0.321 e. The van der Waals surface area contributed by atoms with Crippen molar-refractivity contribution in [1.29, 1.82) is 0 Å². The van der Waals surface area contributed by atoms with Crippen LogP contribution in [0.3, 0.4) is 0 Å². The van der Waals surface area contributed by atoms with Crippen molar-refractivity contribution in [3.05, 3.63) is 35.7 Å². The molecule has 1 aromatic heterocycles. The van der Waals surface area contributed by atoms with Gasteiger partial charge in [-0.2, -0.15) is 4.80 Å². The van der Waals surface area contributed by atoms with Gasteiger partial charge >= 0.3 is 5.97 Å². The van der Waals surface area contributed by atoms with E-state index in [2.05, 4.69) is 20.7 Å². The number of para-hydroxylation sites is 1. The first-order valence-corrected chi connectivity index (χ1v) is 8.63. The van der Waals surface area contributed by atoms with Gasteiger partial charge < -0.3 is 14.6 Å². The maximum atomic E-state index is 11.5. The predicted octanol–water partition coefficient (Wildman–Crippen LogP) is 0.553. The highest BCUT2D eigenvalue weighted by Crippen LogP contribution is 2.20. The van der Waals surface area contributed by atoms with Crippen molar-refractivity contribution < 1.29 is 19.4 Å². The van der Waals surface area contributed by atoms with E-state index in [1.54, 1.807) is 7.05 Å². The van der Waals surface area contributed by atoms with Crippen LogP contribution in [0.1, 0.15) is 24.2 Å². The van der Waals surface area contributed by atoms with Crippen LogP contribution in [0, 0.1) is 0 Å². The van der Waals surface area contributed by atoms with Gasteiger partial charge in [-0.1, -0.05) is 18.2 Å². The molecule has 0 bridgehead atoms. The number of nitrogens with one attached hydrogen (secondary N) is 1. The Morgan fingerprint density at radius 2 is 2.35 bits per heavy atom. The zero-order chi connectivity index (χ0) is 18.4. The van der Waals surface area contributed by atoms with Crippen LogP contribution in [-0.2, 0) is 29.5 Å². The van der Waals surface area contributed by atoms with E-state index in [1.165, 1.54) is 4.80 Å². The molecule has 2 heterocycles. The minimum atomic E-state index is -0.963. The zero-order valence-corrected chi connectivity index (χ0v) is 14.7. The second-order valence-corrected chi connectivity index (χ2v) is 6.22. The largest absolute Gasteiger partial charge is 0.491 e. The van der Waals surface area contributed by atoms with Gasteiger partial charge in [0.05, 0.1) is 13.2 Å². The highest BCUT2D eigenvalue weighted by atomic mass is 16.5. The van der Waals surface area contributed by atoms with Crippen LogP contribution in [-0.4, -0.2) is 56.6 Å². The summed E-state index contributed by atoms with van der Waals surface area (Å²) in [5.74, 6) is 0.155. The topological polar surface area (TPSA) is 111 Å². The molecule has 1 fully saturated rings. The van der Waals surface area contributed by atoms with Gasteiger partial charge in [0, 0.05) is 25.1 Å². The number of hydrogen-bond donors (Lipinski definition) is 2. The van der Waals surface area contributed by atoms with Gasteiger partial charge in [0.25, 0.3) is 0 Å². The highest BCUT2D eigenvalue weighted by Gasteiger charge is 2.21. The first-order valence-electron chi connectivity index (χ1n) is 8.63. The van der Waals surface area contributed by atoms with Crippen LogP contribution in [0.25, 0.3) is 0 Å². The third-order valence-electron chi connectivity index (χ3n) is 4.19. The zero-order valence-electron chi connectivity index (χ0n) is 14.7. The fourth-order valence-electron chi connectivity index (χ4n) is 2.82. The lowest BCUT2D eigenvalue weighted by Crippen LogP contribution is -2.38. The Balaban J connectivity index is 1.58. The second kappa shape index (κ2) is 8.72. The Morgan fingerprint density at radius 3 is 3.04 bits per heavy atom. The SMILES string of the molecule is Cn1nnc(CC(NCc2ccccc2OCC2CCCO2)C(=O)O)n1. The van der Waals surface area contributed by atoms with Gasteiger partial charge in [-0.3, -0.25) is 10.1 Å². The molecule has 26 heavy (non-hydrogen) atoms. The molecule has 0 amide bonds. The summed E-state index contributed by atoms with van der Waals surface area (Å²) in [6, 6.07) is 6.77. The number of hydrogen-bond acceptors (Lipinski definition) is 7. The number of ether oxygens (including phenoxy) is 2. The normalized spacial score (nSPS) is 18.0. The summed E-state index contributed by atoms with van der Waals surface area (Å²) in [5, 5.41) is 24.1. The quantitative estimate of drug-likeness (QED) is 0.666. The van der Waals surface area contributed by atoms with E-state index in [0.717, 1.165) is 30.8 Å². The minimum absolute atomic E-state index is 0.130. The van der Waals surface area contributed by atoms with E-state index in [1.807, 2.05) is 24.3 Å². The number of carboxylic acid groups (broad SMARTS) is 1. The van der Waals surface area contributed by atoms with E-state index in [-0.39, 0.29) is 12.5 Å². The molecule has 0 radical (unpaired) electrons. The Bertz CT molecular complexity index is 729. The van der Waals surface area contributed by atoms with Crippen molar-refractivity contribution in [2.45, 2.75) is 38.0 Å². The van der Waals surface area contributed by atoms with E-state index in [9.17, 15) is 9.90 Å². The Morgan fingerprint density at radius 1 is 1.50 bits per heavy atom. The molecule has 9 nitrogen and oxygen atoms in total. The first kappa shape index (κ1) is 18.3. The monoisotopic (exact) mass is 361 g/mol. The van der Waals surface area contributed by atoms with E-state index in [0.29, 0.717) is 19.0 Å². The van der Waals surface area contributed by atoms with E-state index < -0.39 is 12.0 Å². The first-order chi connectivity index (χ1) is 12.6. The van der Waals surface area contributed by atoms with Crippen LogP contribution < -0.4 is 10.1 Å². The smallest absolute Gasteiger partial charge is 0.321 e. The van der Waals surface area contributed by atoms with Gasteiger partial charge in [-0.15, -0.1) is 10.2 Å². The molecule has 2 N–H and O–H groups in total. The van der Waals surface area contributed by atoms with Crippen LogP contribution in [0.4, 0.5) is 0 Å². The fourth-order valence-corrected chi connectivity index (χ4v) is 2.82. The second-order valence-electron chi connectivity index (χ2n) is 6.22. The molecule has 2 unspecified atom stereocenters. The van der Waals surface area contributed by atoms with E-state index in [4.69, 9.17) is 9.47 Å². The maximum absolute atomic E-state index is 11.5. The molecule has 3 rings (SSSR count). The Kier molecular flexibility index (Phi) is 6.13. The molecule has 1 aromatic carbocycles. The lowest BCUT2D eigenvalue weighted by Gasteiger charge is -2.17. The van der Waals surface area contributed by atoms with Crippen molar-refractivity contribution >= 4 is 5.97 Å². The number of carboxylic acids is 1. The summed E-state index contributed by atoms with van der Waals surface area (Å²) in [4.78, 5) is 12.8. The van der Waals surface area contributed by atoms with Gasteiger partial charge in [-0.25, -0.2) is 0 Å². The van der Waals surface area contributed by atoms with Crippen molar-refractivity contribution in [3.63, 3.8) is 0 Å². The molecule has 0 spiro atoms. The molecule has 2 aromatic rings. The number of rotatable bonds is 9. The van der Waals surface area contributed by atoms with Gasteiger partial charge in [-0.05, 0) is 24.1 Å². The van der Waals surface area contributed by atoms with Gasteiger partial charge in [0.1, 0.15) is 18.4 Å². The van der Waals surface area contributed by atoms with Gasteiger partial charge in [0.2, 0.25) is 0 Å². The van der Waals surface area contributed by atoms with Crippen molar-refractivity contribution in [1.82, 2.24) is 25.5 Å². The number of nitrogens with zero attached hydrogens (tertiary/aromatic N) is 4. The van der Waals surface area contributed by atoms with E-state index >= 15 is 0 Å². The standard InChI is InChI=1S/C17H23N5O4/c1-22-20-16(19-21-22)9-14(17(23)24)18-10-12-5-2-3-7-15(12)26-11-13-6-4-8-25-13/h2-3,5,7,13-14,18H,4,6,8-11H2,1H3,(H,23,24). The van der Waals surface area contributed by atoms with Crippen molar-refractivity contribution in [3.8, 4) is 5.75 Å². The Hall–Kier alpha value is -2.52. The third kappa shape index (κ3) is 4.99. The number of aromatic nitrogens is 4. The summed E-state index contributed by atoms with van der Waals surface area (Å²) in [6.45, 7) is 1.65. The fraction of sp³-hybridized carbons (Fsp3) is 0.529. The number of aryl methyl sites for hydroxylation is 1. The summed E-state index contributed by atoms with van der Waals surface area (Å²) in [6.07, 6.45) is 2.35. The lowest BCUT2D eigenvalue weighted by molar-refractivity contribution is -0.139. The molecule has 140 valence electrons. The molecule has 0 aliphatic carbocycles. The predicted molar refractivity (Wildman–Crippen MR) is 91.7 cm³/mol. The number of carbonyl (C=O) groups is 1. The Labute approximate surface area is 151 Å². The van der Waals surface area contributed by atoms with Crippen molar-refractivity contribution in [2.75, 3.05) is 13.2 Å². The summed E-state index contributed by atoms with van der Waals surface area (Å²) in [5.41, 5.74) is 0.892. The molecular formula is C17H23N5O4. The number of tetrazole rings is 1. The van der Waals surface area contributed by atoms with Crippen molar-refractivity contribution in [2.24, 2.45) is 7.05 Å². The highest BCUT2D eigenvalue weighted by molar-refractivity contribution is 5.73. The van der Waals surface area contributed by atoms with Crippen LogP contribution in [0.15, 0.2) is 24.3 Å². The van der Waals surface area contributed by atoms with Crippen LogP contribution >= 0.6 is 0 Å². The van der Waals surface area contributed by atoms with Crippen LogP contribution in [0.5, 0.6) is 5.75 Å². The molecule has 1 saturated heterocycles. The molecule has 0 saturated carbocycles. The summed E-state index contributed by atoms with van der Waals surface area (Å²) >= 11 is 0. The summed E-state index contributed by atoms with van der Waals surface area (Å²) in [7, 11) is 1.64. The van der Waals surface area contributed by atoms with Crippen LogP contribution in [0.2, 0.25) is 0 Å². The number of aliphatic carboxylic acids is 1. The average molecular weight is 361 g/mol. The van der Waals surface area contributed by atoms with Gasteiger partial charge in [0.15, 0.2) is 5.82 Å². The third-order valence-corrected chi connectivity index (χ3v) is 4.19. The summed E-state index contributed by atoms with van der Waals surface area (Å²) < 4.78 is 11.5. The molecule has 1 aliphatic rings. The molecular weight excluding hydrogens is 338 g/mol. The number of benzene rings is 1.